The van der Waals surface area contributed by atoms with Gasteiger partial charge in [-0.1, -0.05) is 48.6 Å². The fraction of sp³-hybridized carbons (Fsp3) is 0.143. The van der Waals surface area contributed by atoms with Crippen molar-refractivity contribution in [3.05, 3.63) is 65.8 Å². The molecule has 0 bridgehead atoms. The first-order chi connectivity index (χ1) is 7.93. The van der Waals surface area contributed by atoms with Gasteiger partial charge in [-0.3, -0.25) is 0 Å². The lowest BCUT2D eigenvalue weighted by Gasteiger charge is -2.02. The summed E-state index contributed by atoms with van der Waals surface area (Å²) in [5, 5.41) is 8.55. The monoisotopic (exact) mass is 208 g/mol. The second-order valence-corrected chi connectivity index (χ2v) is 3.95. The van der Waals surface area contributed by atoms with E-state index in [1.54, 1.807) is 0 Å². The fourth-order valence-electron chi connectivity index (χ4n) is 1.97. The zero-order chi connectivity index (χ0) is 10.8. The summed E-state index contributed by atoms with van der Waals surface area (Å²) < 4.78 is 0. The summed E-state index contributed by atoms with van der Waals surface area (Å²) in [6.45, 7) is 0. The van der Waals surface area contributed by atoms with Crippen molar-refractivity contribution >= 4 is 5.70 Å². The van der Waals surface area contributed by atoms with Gasteiger partial charge in [0.25, 0.3) is 0 Å². The van der Waals surface area contributed by atoms with Crippen LogP contribution in [0.25, 0.3) is 5.70 Å². The highest BCUT2D eigenvalue weighted by molar-refractivity contribution is 5.67. The molecule has 1 aromatic rings. The normalized spacial score (nSPS) is 22.4. The molecule has 0 fully saturated rings. The van der Waals surface area contributed by atoms with Gasteiger partial charge in [0, 0.05) is 5.56 Å². The maximum atomic E-state index is 4.30. The van der Waals surface area contributed by atoms with Gasteiger partial charge >= 0.3 is 0 Å². The molecule has 16 heavy (non-hydrogen) atoms. The molecule has 1 aromatic carbocycles. The number of rotatable bonds is 2. The molecule has 2 heteroatoms. The molecule has 0 saturated carbocycles. The molecular weight excluding hydrogens is 196 g/mol. The molecule has 0 aromatic heterocycles. The van der Waals surface area contributed by atoms with Gasteiger partial charge in [0.15, 0.2) is 0 Å². The lowest BCUT2D eigenvalue weighted by Crippen LogP contribution is -1.99. The first-order valence-electron chi connectivity index (χ1n) is 5.47. The minimum Gasteiger partial charge on any atom is -0.176 e. The molecule has 1 aliphatic carbocycles. The lowest BCUT2D eigenvalue weighted by molar-refractivity contribution is 0.895. The van der Waals surface area contributed by atoms with E-state index in [0.29, 0.717) is 0 Å². The summed E-state index contributed by atoms with van der Waals surface area (Å²) in [7, 11) is 0. The van der Waals surface area contributed by atoms with Crippen LogP contribution in [0.1, 0.15) is 12.0 Å². The minimum atomic E-state index is 0.144. The Kier molecular flexibility index (Phi) is 2.26. The second kappa shape index (κ2) is 3.89. The van der Waals surface area contributed by atoms with Gasteiger partial charge in [0.2, 0.25) is 0 Å². The molecule has 0 saturated heterocycles. The van der Waals surface area contributed by atoms with Gasteiger partial charge in [-0.15, -0.1) is 0 Å². The average Bonchev–Trinajstić information content (AvgIpc) is 3.01. The summed E-state index contributed by atoms with van der Waals surface area (Å²) in [4.78, 5) is 0. The first kappa shape index (κ1) is 9.28. The Labute approximate surface area is 94.7 Å². The molecule has 0 amide bonds. The van der Waals surface area contributed by atoms with E-state index in [9.17, 15) is 0 Å². The highest BCUT2D eigenvalue weighted by Gasteiger charge is 2.18. The zero-order valence-electron chi connectivity index (χ0n) is 8.88. The molecule has 1 atom stereocenters. The van der Waals surface area contributed by atoms with Gasteiger partial charge in [-0.05, 0) is 18.1 Å². The van der Waals surface area contributed by atoms with Crippen LogP contribution in [0.4, 0.5) is 0 Å². The minimum absolute atomic E-state index is 0.144. The quantitative estimate of drug-likeness (QED) is 0.707. The third-order valence-electron chi connectivity index (χ3n) is 2.86. The smallest absolute Gasteiger partial charge is 0.113 e. The van der Waals surface area contributed by atoms with Crippen LogP contribution in [0.5, 0.6) is 0 Å². The molecule has 78 valence electrons. The number of hydrogen-bond acceptors (Lipinski definition) is 2. The molecule has 3 rings (SSSR count). The van der Waals surface area contributed by atoms with Crippen LogP contribution in [0.2, 0.25) is 0 Å². The lowest BCUT2D eigenvalue weighted by atomic mass is 10.0. The third kappa shape index (κ3) is 1.63. The van der Waals surface area contributed by atoms with Crippen molar-refractivity contribution in [3.63, 3.8) is 0 Å². The highest BCUT2D eigenvalue weighted by Crippen LogP contribution is 2.29. The average molecular weight is 208 g/mol. The van der Waals surface area contributed by atoms with Crippen LogP contribution >= 0.6 is 0 Å². The van der Waals surface area contributed by atoms with Crippen molar-refractivity contribution in [1.82, 2.24) is 0 Å². The molecule has 0 N–H and O–H groups in total. The Morgan fingerprint density at radius 1 is 1.12 bits per heavy atom. The van der Waals surface area contributed by atoms with Gasteiger partial charge in [0.1, 0.15) is 6.04 Å². The largest absolute Gasteiger partial charge is 0.176 e. The maximum absolute atomic E-state index is 4.30. The second-order valence-electron chi connectivity index (χ2n) is 3.95. The Hall–Kier alpha value is -1.96. The van der Waals surface area contributed by atoms with E-state index >= 15 is 0 Å². The maximum Gasteiger partial charge on any atom is 0.113 e. The van der Waals surface area contributed by atoms with E-state index in [4.69, 9.17) is 0 Å². The molecule has 1 aliphatic heterocycles. The molecule has 1 heterocycles. The van der Waals surface area contributed by atoms with Gasteiger partial charge < -0.3 is 0 Å². The Bertz CT molecular complexity index is 507. The van der Waals surface area contributed by atoms with Crippen molar-refractivity contribution < 1.29 is 0 Å². The number of benzene rings is 1. The fourth-order valence-corrected chi connectivity index (χ4v) is 1.97. The topological polar surface area (TPSA) is 24.7 Å². The van der Waals surface area contributed by atoms with Crippen molar-refractivity contribution in [3.8, 4) is 0 Å². The molecular formula is C14H12N2. The van der Waals surface area contributed by atoms with E-state index in [2.05, 4.69) is 46.7 Å². The van der Waals surface area contributed by atoms with Gasteiger partial charge in [0.05, 0.1) is 5.70 Å². The molecule has 2 aliphatic rings. The Morgan fingerprint density at radius 3 is 2.75 bits per heavy atom. The van der Waals surface area contributed by atoms with Gasteiger partial charge in [-0.25, -0.2) is 0 Å². The van der Waals surface area contributed by atoms with Crippen molar-refractivity contribution in [2.45, 2.75) is 12.5 Å². The Balaban J connectivity index is 1.85. The standard InChI is InChI=1S/C14H12N2/c1-2-6-11(7-3-1)13-10-14(16-15-13)12-8-4-5-9-12/h1-8,10,14H,9H2. The van der Waals surface area contributed by atoms with Crippen molar-refractivity contribution in [1.29, 1.82) is 0 Å². The van der Waals surface area contributed by atoms with Gasteiger partial charge in [-0.2, -0.15) is 10.2 Å². The summed E-state index contributed by atoms with van der Waals surface area (Å²) in [5.74, 6) is 0. The third-order valence-corrected chi connectivity index (χ3v) is 2.86. The molecule has 0 radical (unpaired) electrons. The highest BCUT2D eigenvalue weighted by atomic mass is 15.2. The Morgan fingerprint density at radius 2 is 2.00 bits per heavy atom. The van der Waals surface area contributed by atoms with E-state index in [0.717, 1.165) is 17.7 Å². The molecule has 0 spiro atoms. The van der Waals surface area contributed by atoms with Crippen LogP contribution in [0.3, 0.4) is 0 Å². The number of allylic oxidation sites excluding steroid dienone is 3. The summed E-state index contributed by atoms with van der Waals surface area (Å²) in [6.07, 6.45) is 9.50. The van der Waals surface area contributed by atoms with Crippen LogP contribution in [-0.4, -0.2) is 6.04 Å². The molecule has 2 nitrogen and oxygen atoms in total. The number of nitrogens with zero attached hydrogens (tertiary/aromatic N) is 2. The van der Waals surface area contributed by atoms with Crippen LogP contribution in [-0.2, 0) is 0 Å². The van der Waals surface area contributed by atoms with Crippen LogP contribution in [0.15, 0.2) is 70.4 Å². The number of hydrogen-bond donors (Lipinski definition) is 0. The van der Waals surface area contributed by atoms with Crippen LogP contribution < -0.4 is 0 Å². The SMILES string of the molecule is C1=CCC(C2C=C(c3ccccc3)N=N2)=C1. The zero-order valence-corrected chi connectivity index (χ0v) is 8.88. The number of azo groups is 1. The summed E-state index contributed by atoms with van der Waals surface area (Å²) in [5.41, 5.74) is 3.45. The van der Waals surface area contributed by atoms with E-state index < -0.39 is 0 Å². The predicted molar refractivity (Wildman–Crippen MR) is 64.9 cm³/mol. The summed E-state index contributed by atoms with van der Waals surface area (Å²) >= 11 is 0. The predicted octanol–water partition coefficient (Wildman–Crippen LogP) is 3.75. The van der Waals surface area contributed by atoms with E-state index in [-0.39, 0.29) is 6.04 Å². The first-order valence-corrected chi connectivity index (χ1v) is 5.47. The van der Waals surface area contributed by atoms with E-state index in [1.165, 1.54) is 5.57 Å². The van der Waals surface area contributed by atoms with Crippen molar-refractivity contribution in [2.75, 3.05) is 0 Å². The summed E-state index contributed by atoms with van der Waals surface area (Å²) in [6, 6.07) is 10.3. The van der Waals surface area contributed by atoms with E-state index in [1.807, 2.05) is 18.2 Å². The van der Waals surface area contributed by atoms with Crippen molar-refractivity contribution in [2.24, 2.45) is 10.2 Å². The molecule has 1 unspecified atom stereocenters. The van der Waals surface area contributed by atoms with Crippen LogP contribution in [0, 0.1) is 0 Å².